The molecule has 0 fully saturated rings. The zero-order valence-electron chi connectivity index (χ0n) is 16.6. The molecule has 154 valence electrons. The second-order valence-corrected chi connectivity index (χ2v) is 8.71. The standard InChI is InChI=1S/C21H19N3O4S2/c1-4-28-14-7-5-13(6-8-14)16-15(17(25)19-11(2)23-12(3)30-19)18(26)20(27)24(16)21-22-9-10-29-21/h5-10,16,26H,4H2,1-3H3. The molecule has 2 aromatic heterocycles. The number of rotatable bonds is 6. The molecule has 1 aliphatic heterocycles. The number of amides is 1. The molecular weight excluding hydrogens is 422 g/mol. The van der Waals surface area contributed by atoms with E-state index in [1.165, 1.54) is 27.6 Å². The maximum Gasteiger partial charge on any atom is 0.296 e. The minimum Gasteiger partial charge on any atom is -0.503 e. The van der Waals surface area contributed by atoms with Crippen LogP contribution in [0.15, 0.2) is 47.2 Å². The highest BCUT2D eigenvalue weighted by molar-refractivity contribution is 7.14. The molecule has 1 atom stereocenters. The summed E-state index contributed by atoms with van der Waals surface area (Å²) in [5, 5.41) is 13.6. The number of hydrogen-bond acceptors (Lipinski definition) is 8. The average Bonchev–Trinajstić information content (AvgIpc) is 3.42. The van der Waals surface area contributed by atoms with Crippen LogP contribution in [-0.2, 0) is 4.79 Å². The smallest absolute Gasteiger partial charge is 0.296 e. The van der Waals surface area contributed by atoms with Gasteiger partial charge in [-0.1, -0.05) is 12.1 Å². The topological polar surface area (TPSA) is 92.6 Å². The number of carbonyl (C=O) groups excluding carboxylic acids is 2. The first kappa shape index (κ1) is 20.2. The van der Waals surface area contributed by atoms with Crippen molar-refractivity contribution in [2.24, 2.45) is 0 Å². The second-order valence-electron chi connectivity index (χ2n) is 6.63. The lowest BCUT2D eigenvalue weighted by Crippen LogP contribution is -2.30. The quantitative estimate of drug-likeness (QED) is 0.570. The fraction of sp³-hybridized carbons (Fsp3) is 0.238. The fourth-order valence-electron chi connectivity index (χ4n) is 3.46. The molecule has 1 aromatic carbocycles. The largest absolute Gasteiger partial charge is 0.503 e. The summed E-state index contributed by atoms with van der Waals surface area (Å²) in [4.78, 5) is 36.8. The number of carbonyl (C=O) groups is 2. The van der Waals surface area contributed by atoms with Crippen LogP contribution in [-0.4, -0.2) is 33.4 Å². The minimum atomic E-state index is -0.798. The molecule has 1 unspecified atom stereocenters. The van der Waals surface area contributed by atoms with Crippen LogP contribution >= 0.6 is 22.7 Å². The Kier molecular flexibility index (Phi) is 5.40. The van der Waals surface area contributed by atoms with E-state index in [1.54, 1.807) is 42.8 Å². The Morgan fingerprint density at radius 2 is 2.00 bits per heavy atom. The number of benzene rings is 1. The zero-order valence-corrected chi connectivity index (χ0v) is 18.2. The molecule has 0 saturated carbocycles. The summed E-state index contributed by atoms with van der Waals surface area (Å²) < 4.78 is 5.50. The number of aryl methyl sites for hydroxylation is 2. The number of aliphatic hydroxyl groups excluding tert-OH is 1. The Morgan fingerprint density at radius 3 is 2.57 bits per heavy atom. The van der Waals surface area contributed by atoms with Crippen molar-refractivity contribution in [2.75, 3.05) is 11.5 Å². The number of Topliss-reactive ketones (excluding diaryl/α,β-unsaturated/α-hetero) is 1. The van der Waals surface area contributed by atoms with Gasteiger partial charge in [0, 0.05) is 11.6 Å². The first-order valence-corrected chi connectivity index (χ1v) is 11.0. The summed E-state index contributed by atoms with van der Waals surface area (Å²) in [6.45, 7) is 5.98. The normalized spacial score (nSPS) is 16.4. The van der Waals surface area contributed by atoms with E-state index in [-0.39, 0.29) is 5.57 Å². The first-order valence-electron chi connectivity index (χ1n) is 9.30. The third kappa shape index (κ3) is 3.40. The first-order chi connectivity index (χ1) is 14.4. The van der Waals surface area contributed by atoms with E-state index in [0.717, 1.165) is 5.01 Å². The van der Waals surface area contributed by atoms with Gasteiger partial charge in [0.2, 0.25) is 5.78 Å². The van der Waals surface area contributed by atoms with E-state index in [9.17, 15) is 14.7 Å². The summed E-state index contributed by atoms with van der Waals surface area (Å²) in [6, 6.07) is 6.35. The highest BCUT2D eigenvalue weighted by atomic mass is 32.1. The van der Waals surface area contributed by atoms with Gasteiger partial charge in [0.25, 0.3) is 5.91 Å². The third-order valence-corrected chi connectivity index (χ3v) is 6.54. The molecular formula is C21H19N3O4S2. The van der Waals surface area contributed by atoms with Gasteiger partial charge in [0.05, 0.1) is 33.8 Å². The van der Waals surface area contributed by atoms with Crippen LogP contribution in [0.25, 0.3) is 0 Å². The van der Waals surface area contributed by atoms with Crippen molar-refractivity contribution >= 4 is 39.5 Å². The van der Waals surface area contributed by atoms with E-state index < -0.39 is 23.5 Å². The fourth-order valence-corrected chi connectivity index (χ4v) is 5.00. The van der Waals surface area contributed by atoms with Gasteiger partial charge in [-0.3, -0.25) is 14.5 Å². The van der Waals surface area contributed by atoms with Gasteiger partial charge in [-0.15, -0.1) is 22.7 Å². The summed E-state index contributed by atoms with van der Waals surface area (Å²) in [5.41, 5.74) is 1.28. The summed E-state index contributed by atoms with van der Waals surface area (Å²) in [5.74, 6) is -0.922. The van der Waals surface area contributed by atoms with Crippen molar-refractivity contribution in [3.05, 3.63) is 68.3 Å². The molecule has 3 aromatic rings. The molecule has 0 spiro atoms. The minimum absolute atomic E-state index is 0.0334. The van der Waals surface area contributed by atoms with Crippen molar-refractivity contribution < 1.29 is 19.4 Å². The number of ketones is 1. The van der Waals surface area contributed by atoms with Crippen LogP contribution in [0.3, 0.4) is 0 Å². The van der Waals surface area contributed by atoms with Gasteiger partial charge in [-0.2, -0.15) is 0 Å². The highest BCUT2D eigenvalue weighted by Gasteiger charge is 2.46. The van der Waals surface area contributed by atoms with Crippen molar-refractivity contribution in [3.8, 4) is 5.75 Å². The molecule has 0 saturated heterocycles. The molecule has 30 heavy (non-hydrogen) atoms. The second kappa shape index (κ2) is 8.00. The number of ether oxygens (including phenoxy) is 1. The molecule has 0 radical (unpaired) electrons. The van der Waals surface area contributed by atoms with Crippen LogP contribution in [0.1, 0.15) is 38.9 Å². The predicted octanol–water partition coefficient (Wildman–Crippen LogP) is 4.40. The number of aliphatic hydroxyl groups is 1. The zero-order chi connectivity index (χ0) is 21.4. The Balaban J connectivity index is 1.84. The van der Waals surface area contributed by atoms with E-state index in [2.05, 4.69) is 9.97 Å². The third-order valence-electron chi connectivity index (χ3n) is 4.69. The number of nitrogens with zero attached hydrogens (tertiary/aromatic N) is 3. The van der Waals surface area contributed by atoms with Crippen molar-refractivity contribution in [1.82, 2.24) is 9.97 Å². The Hall–Kier alpha value is -3.04. The predicted molar refractivity (Wildman–Crippen MR) is 116 cm³/mol. The Labute approximate surface area is 181 Å². The van der Waals surface area contributed by atoms with E-state index in [1.807, 2.05) is 13.8 Å². The molecule has 1 N–H and O–H groups in total. The molecule has 1 aliphatic rings. The summed E-state index contributed by atoms with van der Waals surface area (Å²) in [6.07, 6.45) is 1.58. The molecule has 4 rings (SSSR count). The monoisotopic (exact) mass is 441 g/mol. The van der Waals surface area contributed by atoms with E-state index >= 15 is 0 Å². The summed E-state index contributed by atoms with van der Waals surface area (Å²) in [7, 11) is 0. The lowest BCUT2D eigenvalue weighted by atomic mass is 9.95. The van der Waals surface area contributed by atoms with E-state index in [4.69, 9.17) is 4.74 Å². The summed E-state index contributed by atoms with van der Waals surface area (Å²) >= 11 is 2.51. The number of aromatic nitrogens is 2. The lowest BCUT2D eigenvalue weighted by Gasteiger charge is -2.24. The number of thiazole rings is 2. The van der Waals surface area contributed by atoms with Crippen LogP contribution in [0.4, 0.5) is 5.13 Å². The van der Waals surface area contributed by atoms with Gasteiger partial charge in [0.1, 0.15) is 5.75 Å². The van der Waals surface area contributed by atoms with Crippen LogP contribution in [0, 0.1) is 13.8 Å². The molecule has 3 heterocycles. The maximum absolute atomic E-state index is 13.4. The van der Waals surface area contributed by atoms with Crippen LogP contribution < -0.4 is 9.64 Å². The van der Waals surface area contributed by atoms with Gasteiger partial charge in [-0.25, -0.2) is 9.97 Å². The van der Waals surface area contributed by atoms with Crippen LogP contribution in [0.2, 0.25) is 0 Å². The highest BCUT2D eigenvalue weighted by Crippen LogP contribution is 2.43. The Bertz CT molecular complexity index is 1130. The van der Waals surface area contributed by atoms with Crippen molar-refractivity contribution in [3.63, 3.8) is 0 Å². The molecule has 0 aliphatic carbocycles. The number of anilines is 1. The molecule has 1 amide bonds. The van der Waals surface area contributed by atoms with Crippen molar-refractivity contribution in [2.45, 2.75) is 26.8 Å². The average molecular weight is 442 g/mol. The van der Waals surface area contributed by atoms with Gasteiger partial charge >= 0.3 is 0 Å². The van der Waals surface area contributed by atoms with Gasteiger partial charge in [0.15, 0.2) is 10.9 Å². The Morgan fingerprint density at radius 1 is 1.27 bits per heavy atom. The molecule has 7 nitrogen and oxygen atoms in total. The van der Waals surface area contributed by atoms with Crippen molar-refractivity contribution in [1.29, 1.82) is 0 Å². The van der Waals surface area contributed by atoms with Gasteiger partial charge < -0.3 is 9.84 Å². The maximum atomic E-state index is 13.4. The number of hydrogen-bond donors (Lipinski definition) is 1. The van der Waals surface area contributed by atoms with E-state index in [0.29, 0.717) is 33.6 Å². The van der Waals surface area contributed by atoms with Crippen LogP contribution in [0.5, 0.6) is 5.75 Å². The molecule has 0 bridgehead atoms. The van der Waals surface area contributed by atoms with Gasteiger partial charge in [-0.05, 0) is 38.5 Å². The lowest BCUT2D eigenvalue weighted by molar-refractivity contribution is -0.117. The SMILES string of the molecule is CCOc1ccc(C2C(C(=O)c3sc(C)nc3C)=C(O)C(=O)N2c2nccs2)cc1. The molecule has 9 heteroatoms.